The summed E-state index contributed by atoms with van der Waals surface area (Å²) in [6, 6.07) is 7.29. The van der Waals surface area contributed by atoms with Crippen molar-refractivity contribution in [3.8, 4) is 5.69 Å². The van der Waals surface area contributed by atoms with Crippen LogP contribution < -0.4 is 5.32 Å². The third-order valence-corrected chi connectivity index (χ3v) is 5.18. The van der Waals surface area contributed by atoms with E-state index in [-0.39, 0.29) is 12.3 Å². The van der Waals surface area contributed by atoms with Crippen LogP contribution in [0.1, 0.15) is 54.6 Å². The van der Waals surface area contributed by atoms with Gasteiger partial charge in [0.1, 0.15) is 0 Å². The van der Waals surface area contributed by atoms with Gasteiger partial charge >= 0.3 is 6.18 Å². The van der Waals surface area contributed by atoms with Gasteiger partial charge in [-0.25, -0.2) is 4.68 Å². The number of nitrogens with one attached hydrogen (secondary N) is 1. The van der Waals surface area contributed by atoms with E-state index in [1.54, 1.807) is 18.2 Å². The summed E-state index contributed by atoms with van der Waals surface area (Å²) in [5.74, 6) is -0.496. The van der Waals surface area contributed by atoms with Crippen molar-refractivity contribution in [3.63, 3.8) is 0 Å². The van der Waals surface area contributed by atoms with Gasteiger partial charge in [-0.1, -0.05) is 50.3 Å². The van der Waals surface area contributed by atoms with Crippen molar-refractivity contribution in [2.24, 2.45) is 5.92 Å². The average molecular weight is 395 g/mol. The van der Waals surface area contributed by atoms with E-state index in [9.17, 15) is 23.1 Å². The van der Waals surface area contributed by atoms with E-state index in [0.717, 1.165) is 36.6 Å². The Morgan fingerprint density at radius 3 is 2.50 bits per heavy atom. The molecule has 1 saturated carbocycles. The van der Waals surface area contributed by atoms with Crippen LogP contribution in [0.4, 0.5) is 13.2 Å². The first-order valence-electron chi connectivity index (χ1n) is 9.52. The maximum Gasteiger partial charge on any atom is 0.434 e. The molecule has 1 atom stereocenters. The molecule has 0 saturated heterocycles. The van der Waals surface area contributed by atoms with Crippen molar-refractivity contribution in [1.29, 1.82) is 0 Å². The van der Waals surface area contributed by atoms with Crippen LogP contribution in [0.15, 0.2) is 36.5 Å². The smallest absolute Gasteiger partial charge is 0.394 e. The molecule has 1 heterocycles. The molecule has 0 spiro atoms. The molecule has 0 aliphatic heterocycles. The maximum atomic E-state index is 13.7. The Balaban J connectivity index is 1.81. The molecule has 5 nitrogen and oxygen atoms in total. The average Bonchev–Trinajstić information content (AvgIpc) is 3.15. The number of halogens is 3. The van der Waals surface area contributed by atoms with Crippen molar-refractivity contribution in [2.75, 3.05) is 6.61 Å². The number of hydrogen-bond donors (Lipinski definition) is 2. The van der Waals surface area contributed by atoms with Gasteiger partial charge in [0.25, 0.3) is 5.91 Å². The fraction of sp³-hybridized carbons (Fsp3) is 0.500. The van der Waals surface area contributed by atoms with Crippen LogP contribution in [-0.2, 0) is 6.18 Å². The Kier molecular flexibility index (Phi) is 6.39. The lowest BCUT2D eigenvalue weighted by molar-refractivity contribution is -0.143. The quantitative estimate of drug-likeness (QED) is 0.778. The molecule has 3 rings (SSSR count). The number of hydrogen-bond acceptors (Lipinski definition) is 3. The largest absolute Gasteiger partial charge is 0.434 e. The highest BCUT2D eigenvalue weighted by molar-refractivity contribution is 5.95. The molecule has 1 unspecified atom stereocenters. The lowest BCUT2D eigenvalue weighted by Gasteiger charge is -2.26. The minimum atomic E-state index is -4.75. The van der Waals surface area contributed by atoms with E-state index in [2.05, 4.69) is 10.4 Å². The standard InChI is InChI=1S/C20H24F3N3O2/c21-20(22,23)18-17(12-24-26(18)16-9-5-2-6-10-16)19(28)25-15(13-27)11-14-7-3-1-4-8-14/h2,5-6,9-10,12,14-15,27H,1,3-4,7-8,11,13H2,(H,25,28). The third-order valence-electron chi connectivity index (χ3n) is 5.18. The molecule has 0 radical (unpaired) electrons. The number of aliphatic hydroxyl groups is 1. The molecular weight excluding hydrogens is 371 g/mol. The number of nitrogens with zero attached hydrogens (tertiary/aromatic N) is 2. The fourth-order valence-corrected chi connectivity index (χ4v) is 3.82. The molecule has 1 aliphatic rings. The van der Waals surface area contributed by atoms with Gasteiger partial charge in [0.2, 0.25) is 0 Å². The van der Waals surface area contributed by atoms with Crippen LogP contribution in [0.25, 0.3) is 5.69 Å². The van der Waals surface area contributed by atoms with Crippen LogP contribution in [0.2, 0.25) is 0 Å². The minimum absolute atomic E-state index is 0.217. The SMILES string of the molecule is O=C(NC(CO)CC1CCCCC1)c1cnn(-c2ccccc2)c1C(F)(F)F. The van der Waals surface area contributed by atoms with Gasteiger partial charge < -0.3 is 10.4 Å². The number of benzene rings is 1. The number of amides is 1. The molecule has 1 aromatic heterocycles. The molecule has 8 heteroatoms. The van der Waals surface area contributed by atoms with E-state index < -0.39 is 29.4 Å². The maximum absolute atomic E-state index is 13.7. The normalized spacial score (nSPS) is 16.7. The zero-order valence-corrected chi connectivity index (χ0v) is 15.5. The lowest BCUT2D eigenvalue weighted by atomic mass is 9.85. The summed E-state index contributed by atoms with van der Waals surface area (Å²) < 4.78 is 41.8. The highest BCUT2D eigenvalue weighted by Crippen LogP contribution is 2.34. The Labute approximate surface area is 161 Å². The summed E-state index contributed by atoms with van der Waals surface area (Å²) >= 11 is 0. The number of carbonyl (C=O) groups excluding carboxylic acids is 1. The van der Waals surface area contributed by atoms with Crippen LogP contribution >= 0.6 is 0 Å². The van der Waals surface area contributed by atoms with Crippen molar-refractivity contribution >= 4 is 5.91 Å². The predicted octanol–water partition coefficient (Wildman–Crippen LogP) is 3.95. The highest BCUT2D eigenvalue weighted by atomic mass is 19.4. The molecule has 1 aromatic carbocycles. The summed E-state index contributed by atoms with van der Waals surface area (Å²) in [7, 11) is 0. The van der Waals surface area contributed by atoms with E-state index in [0.29, 0.717) is 12.3 Å². The van der Waals surface area contributed by atoms with E-state index in [1.807, 2.05) is 0 Å². The van der Waals surface area contributed by atoms with Crippen LogP contribution in [0.5, 0.6) is 0 Å². The zero-order chi connectivity index (χ0) is 20.1. The molecule has 1 aliphatic carbocycles. The minimum Gasteiger partial charge on any atom is -0.394 e. The summed E-state index contributed by atoms with van der Waals surface area (Å²) in [6.45, 7) is -0.309. The number of para-hydroxylation sites is 1. The van der Waals surface area contributed by atoms with Crippen molar-refractivity contribution < 1.29 is 23.1 Å². The van der Waals surface area contributed by atoms with Gasteiger partial charge in [0.15, 0.2) is 5.69 Å². The molecular formula is C20H24F3N3O2. The van der Waals surface area contributed by atoms with E-state index in [4.69, 9.17) is 0 Å². The van der Waals surface area contributed by atoms with Gasteiger partial charge in [-0.2, -0.15) is 18.3 Å². The molecule has 28 heavy (non-hydrogen) atoms. The molecule has 2 N–H and O–H groups in total. The van der Waals surface area contributed by atoms with Crippen molar-refractivity contribution in [3.05, 3.63) is 47.8 Å². The molecule has 1 amide bonds. The summed E-state index contributed by atoms with van der Waals surface area (Å²) in [5, 5.41) is 16.0. The van der Waals surface area contributed by atoms with Crippen LogP contribution in [0.3, 0.4) is 0 Å². The Morgan fingerprint density at radius 2 is 1.89 bits per heavy atom. The lowest BCUT2D eigenvalue weighted by Crippen LogP contribution is -2.39. The first-order chi connectivity index (χ1) is 13.4. The fourth-order valence-electron chi connectivity index (χ4n) is 3.82. The molecule has 0 bridgehead atoms. The summed E-state index contributed by atoms with van der Waals surface area (Å²) in [6.07, 6.45) is 2.18. The van der Waals surface area contributed by atoms with Crippen LogP contribution in [-0.4, -0.2) is 33.4 Å². The Hall–Kier alpha value is -2.35. The van der Waals surface area contributed by atoms with E-state index >= 15 is 0 Å². The second kappa shape index (κ2) is 8.77. The third kappa shape index (κ3) is 4.73. The summed E-state index contributed by atoms with van der Waals surface area (Å²) in [4.78, 5) is 12.6. The molecule has 1 fully saturated rings. The number of rotatable bonds is 6. The topological polar surface area (TPSA) is 67.2 Å². The monoisotopic (exact) mass is 395 g/mol. The predicted molar refractivity (Wildman–Crippen MR) is 98.1 cm³/mol. The Bertz CT molecular complexity index is 784. The van der Waals surface area contributed by atoms with Gasteiger partial charge in [0.05, 0.1) is 30.1 Å². The first-order valence-corrected chi connectivity index (χ1v) is 9.52. The van der Waals surface area contributed by atoms with Gasteiger partial charge in [0, 0.05) is 0 Å². The number of carbonyl (C=O) groups is 1. The van der Waals surface area contributed by atoms with Crippen molar-refractivity contribution in [1.82, 2.24) is 15.1 Å². The zero-order valence-electron chi connectivity index (χ0n) is 15.5. The van der Waals surface area contributed by atoms with Gasteiger partial charge in [-0.15, -0.1) is 0 Å². The Morgan fingerprint density at radius 1 is 1.21 bits per heavy atom. The van der Waals surface area contributed by atoms with Crippen molar-refractivity contribution in [2.45, 2.75) is 50.7 Å². The van der Waals surface area contributed by atoms with Crippen LogP contribution in [0, 0.1) is 5.92 Å². The second-order valence-electron chi connectivity index (χ2n) is 7.24. The highest BCUT2D eigenvalue weighted by Gasteiger charge is 2.40. The molecule has 152 valence electrons. The van der Waals surface area contributed by atoms with E-state index in [1.165, 1.54) is 18.6 Å². The van der Waals surface area contributed by atoms with Gasteiger partial charge in [-0.05, 0) is 24.5 Å². The number of aromatic nitrogens is 2. The van der Waals surface area contributed by atoms with Gasteiger partial charge in [-0.3, -0.25) is 4.79 Å². The first kappa shape index (κ1) is 20.4. The summed E-state index contributed by atoms with van der Waals surface area (Å²) in [5.41, 5.74) is -1.45. The molecule has 2 aromatic rings. The number of alkyl halides is 3. The number of aliphatic hydroxyl groups excluding tert-OH is 1. The second-order valence-corrected chi connectivity index (χ2v) is 7.24.